The average molecular weight is 537 g/mol. The Bertz CT molecular complexity index is 1280. The molecule has 0 atom stereocenters. The first-order valence-corrected chi connectivity index (χ1v) is 14.4. The van der Waals surface area contributed by atoms with Gasteiger partial charge in [-0.15, -0.1) is 0 Å². The molecular formula is C29H36N4O4S. The van der Waals surface area contributed by atoms with E-state index in [1.165, 1.54) is 0 Å². The van der Waals surface area contributed by atoms with Crippen molar-refractivity contribution < 1.29 is 17.9 Å². The van der Waals surface area contributed by atoms with Crippen LogP contribution in [0.25, 0.3) is 0 Å². The molecule has 1 saturated carbocycles. The lowest BCUT2D eigenvalue weighted by molar-refractivity contribution is 0.0932. The predicted octanol–water partition coefficient (Wildman–Crippen LogP) is 3.84. The van der Waals surface area contributed by atoms with Crippen LogP contribution in [0.4, 0.5) is 5.69 Å². The van der Waals surface area contributed by atoms with E-state index >= 15 is 0 Å². The van der Waals surface area contributed by atoms with Crippen LogP contribution in [0.5, 0.6) is 5.75 Å². The third-order valence-corrected chi connectivity index (χ3v) is 8.34. The Morgan fingerprint density at radius 1 is 0.895 bits per heavy atom. The van der Waals surface area contributed by atoms with E-state index in [1.54, 1.807) is 19.2 Å². The van der Waals surface area contributed by atoms with Gasteiger partial charge in [-0.25, -0.2) is 4.72 Å². The summed E-state index contributed by atoms with van der Waals surface area (Å²) in [6.45, 7) is 1.22. The standard InChI is InChI=1S/C29H36N4O4S/c1-37-27-15-9-8-14-26(27)28(34)31-22-29(23-10-4-2-5-11-23)18-16-25(17-19-29)33-38(35,36)32-21-20-30-24-12-6-3-7-13-24/h2-15,25,30,32-33H,16-22H2,1H3,(H,31,34)/t25-,29-. The number of carbonyl (C=O) groups is 1. The van der Waals surface area contributed by atoms with Crippen LogP contribution in [0.15, 0.2) is 84.9 Å². The third-order valence-electron chi connectivity index (χ3n) is 7.11. The molecule has 0 aromatic heterocycles. The minimum Gasteiger partial charge on any atom is -0.496 e. The molecule has 1 fully saturated rings. The predicted molar refractivity (Wildman–Crippen MR) is 151 cm³/mol. The number of benzene rings is 3. The molecule has 0 aliphatic heterocycles. The van der Waals surface area contributed by atoms with E-state index in [0.717, 1.165) is 24.1 Å². The number of carbonyl (C=O) groups excluding carboxylic acids is 1. The van der Waals surface area contributed by atoms with Crippen LogP contribution in [0.1, 0.15) is 41.6 Å². The lowest BCUT2D eigenvalue weighted by Crippen LogP contribution is -2.49. The average Bonchev–Trinajstić information content (AvgIpc) is 2.96. The highest BCUT2D eigenvalue weighted by Crippen LogP contribution is 2.39. The number of ether oxygens (including phenoxy) is 1. The van der Waals surface area contributed by atoms with Crippen LogP contribution in [-0.2, 0) is 15.6 Å². The Balaban J connectivity index is 1.34. The molecule has 0 heterocycles. The summed E-state index contributed by atoms with van der Waals surface area (Å²) < 4.78 is 36.1. The number of para-hydroxylation sites is 2. The zero-order valence-electron chi connectivity index (χ0n) is 21.7. The van der Waals surface area contributed by atoms with E-state index in [-0.39, 0.29) is 23.9 Å². The van der Waals surface area contributed by atoms with Gasteiger partial charge in [-0.2, -0.15) is 13.1 Å². The van der Waals surface area contributed by atoms with Gasteiger partial charge in [0.15, 0.2) is 0 Å². The van der Waals surface area contributed by atoms with Crippen molar-refractivity contribution in [3.63, 3.8) is 0 Å². The molecule has 1 aliphatic carbocycles. The Morgan fingerprint density at radius 2 is 1.53 bits per heavy atom. The number of anilines is 1. The second kappa shape index (κ2) is 12.9. The van der Waals surface area contributed by atoms with Gasteiger partial charge >= 0.3 is 0 Å². The molecule has 0 spiro atoms. The van der Waals surface area contributed by atoms with Crippen molar-refractivity contribution in [2.24, 2.45) is 0 Å². The SMILES string of the molecule is COc1ccccc1C(=O)NC[C@]1(c2ccccc2)CC[C@H](NS(=O)(=O)NCCNc2ccccc2)CC1. The third kappa shape index (κ3) is 7.34. The zero-order chi connectivity index (χ0) is 26.8. The van der Waals surface area contributed by atoms with Gasteiger partial charge in [-0.1, -0.05) is 60.7 Å². The van der Waals surface area contributed by atoms with Gasteiger partial charge in [0.1, 0.15) is 5.75 Å². The number of rotatable bonds is 12. The fourth-order valence-electron chi connectivity index (χ4n) is 5.03. The Kier molecular flexibility index (Phi) is 9.38. The summed E-state index contributed by atoms with van der Waals surface area (Å²) in [5.74, 6) is 0.345. The van der Waals surface area contributed by atoms with E-state index in [1.807, 2.05) is 60.7 Å². The van der Waals surface area contributed by atoms with Gasteiger partial charge in [0.2, 0.25) is 0 Å². The number of amides is 1. The highest BCUT2D eigenvalue weighted by molar-refractivity contribution is 7.87. The molecule has 0 radical (unpaired) electrons. The summed E-state index contributed by atoms with van der Waals surface area (Å²) in [5, 5.41) is 6.31. The van der Waals surface area contributed by atoms with Crippen LogP contribution < -0.4 is 24.8 Å². The molecule has 38 heavy (non-hydrogen) atoms. The molecule has 0 unspecified atom stereocenters. The maximum absolute atomic E-state index is 13.0. The maximum atomic E-state index is 13.0. The van der Waals surface area contributed by atoms with Crippen molar-refractivity contribution >= 4 is 21.8 Å². The number of hydrogen-bond donors (Lipinski definition) is 4. The van der Waals surface area contributed by atoms with Crippen LogP contribution >= 0.6 is 0 Å². The quantitative estimate of drug-likeness (QED) is 0.263. The summed E-state index contributed by atoms with van der Waals surface area (Å²) >= 11 is 0. The van der Waals surface area contributed by atoms with E-state index in [4.69, 9.17) is 4.74 Å². The zero-order valence-corrected chi connectivity index (χ0v) is 22.5. The monoisotopic (exact) mass is 536 g/mol. The molecule has 3 aromatic carbocycles. The maximum Gasteiger partial charge on any atom is 0.277 e. The normalized spacial score (nSPS) is 19.4. The van der Waals surface area contributed by atoms with Gasteiger partial charge in [0.25, 0.3) is 16.1 Å². The lowest BCUT2D eigenvalue weighted by atomic mass is 9.68. The van der Waals surface area contributed by atoms with E-state index in [9.17, 15) is 13.2 Å². The van der Waals surface area contributed by atoms with Crippen molar-refractivity contribution in [1.29, 1.82) is 0 Å². The fourth-order valence-corrected chi connectivity index (χ4v) is 6.16. The van der Waals surface area contributed by atoms with Crippen LogP contribution in [-0.4, -0.2) is 47.1 Å². The van der Waals surface area contributed by atoms with Gasteiger partial charge in [0.05, 0.1) is 12.7 Å². The molecule has 8 nitrogen and oxygen atoms in total. The van der Waals surface area contributed by atoms with Gasteiger partial charge < -0.3 is 15.4 Å². The van der Waals surface area contributed by atoms with Crippen LogP contribution in [0.2, 0.25) is 0 Å². The van der Waals surface area contributed by atoms with E-state index in [0.29, 0.717) is 37.2 Å². The number of hydrogen-bond acceptors (Lipinski definition) is 5. The Labute approximate surface area is 225 Å². The Hall–Kier alpha value is -3.40. The Morgan fingerprint density at radius 3 is 2.21 bits per heavy atom. The first kappa shape index (κ1) is 27.6. The number of nitrogens with one attached hydrogen (secondary N) is 4. The molecule has 1 aliphatic rings. The largest absolute Gasteiger partial charge is 0.496 e. The van der Waals surface area contributed by atoms with E-state index in [2.05, 4.69) is 32.2 Å². The molecule has 202 valence electrons. The summed E-state index contributed by atoms with van der Waals surface area (Å²) in [7, 11) is -2.08. The molecule has 9 heteroatoms. The fraction of sp³-hybridized carbons (Fsp3) is 0.345. The number of methoxy groups -OCH3 is 1. The lowest BCUT2D eigenvalue weighted by Gasteiger charge is -2.41. The molecule has 4 rings (SSSR count). The summed E-state index contributed by atoms with van der Waals surface area (Å²) in [6.07, 6.45) is 2.82. The van der Waals surface area contributed by atoms with Gasteiger partial charge in [-0.3, -0.25) is 4.79 Å². The van der Waals surface area contributed by atoms with Crippen molar-refractivity contribution in [1.82, 2.24) is 14.8 Å². The van der Waals surface area contributed by atoms with Crippen molar-refractivity contribution in [2.75, 3.05) is 32.1 Å². The molecule has 0 bridgehead atoms. The minimum absolute atomic E-state index is 0.170. The minimum atomic E-state index is -3.63. The summed E-state index contributed by atoms with van der Waals surface area (Å²) in [5.41, 5.74) is 2.30. The molecule has 1 amide bonds. The van der Waals surface area contributed by atoms with Gasteiger partial charge in [0, 0.05) is 36.8 Å². The molecule has 0 saturated heterocycles. The molecule has 4 N–H and O–H groups in total. The highest BCUT2D eigenvalue weighted by atomic mass is 32.2. The second-order valence-corrected chi connectivity index (χ2v) is 11.1. The summed E-state index contributed by atoms with van der Waals surface area (Å²) in [6, 6.07) is 26.8. The molecular weight excluding hydrogens is 500 g/mol. The van der Waals surface area contributed by atoms with Crippen LogP contribution in [0.3, 0.4) is 0 Å². The van der Waals surface area contributed by atoms with Crippen molar-refractivity contribution in [3.05, 3.63) is 96.1 Å². The first-order chi connectivity index (χ1) is 18.4. The van der Waals surface area contributed by atoms with Crippen LogP contribution in [0, 0.1) is 0 Å². The van der Waals surface area contributed by atoms with Crippen molar-refractivity contribution in [2.45, 2.75) is 37.1 Å². The molecule has 3 aromatic rings. The first-order valence-electron chi connectivity index (χ1n) is 12.9. The highest BCUT2D eigenvalue weighted by Gasteiger charge is 2.38. The van der Waals surface area contributed by atoms with Gasteiger partial charge in [-0.05, 0) is 55.5 Å². The topological polar surface area (TPSA) is 109 Å². The smallest absolute Gasteiger partial charge is 0.277 e. The van der Waals surface area contributed by atoms with E-state index < -0.39 is 10.2 Å². The second-order valence-electron chi connectivity index (χ2n) is 9.61. The summed E-state index contributed by atoms with van der Waals surface area (Å²) in [4.78, 5) is 13.0. The van der Waals surface area contributed by atoms with Crippen molar-refractivity contribution in [3.8, 4) is 5.75 Å².